The van der Waals surface area contributed by atoms with Crippen LogP contribution in [0.4, 0.5) is 18.0 Å². The predicted octanol–water partition coefficient (Wildman–Crippen LogP) is 4.16. The van der Waals surface area contributed by atoms with Crippen molar-refractivity contribution in [1.82, 2.24) is 10.6 Å². The molecule has 2 aromatic rings. The molecule has 0 unspecified atom stereocenters. The molecule has 2 amide bonds. The largest absolute Gasteiger partial charge is 0.480 e. The number of aliphatic carboxylic acids is 1. The van der Waals surface area contributed by atoms with Crippen LogP contribution in [0.5, 0.6) is 0 Å². The quantitative estimate of drug-likeness (QED) is 0.474. The SMILES string of the molecule is CC(C)C[C@H](NC(=O)OCc1ccccc1)C(=O)N[C@H](Cc1cccc(C(F)(F)F)c1)C(=O)O. The Hall–Kier alpha value is -3.56. The van der Waals surface area contributed by atoms with Gasteiger partial charge in [0.15, 0.2) is 0 Å². The second kappa shape index (κ2) is 12.1. The first kappa shape index (κ1) is 26.7. The molecule has 0 aliphatic rings. The number of hydrogen-bond donors (Lipinski definition) is 3. The van der Waals surface area contributed by atoms with E-state index in [1.807, 2.05) is 19.9 Å². The lowest BCUT2D eigenvalue weighted by molar-refractivity contribution is -0.142. The maximum atomic E-state index is 13.0. The minimum absolute atomic E-state index is 0.0179. The first-order valence-electron chi connectivity index (χ1n) is 10.6. The van der Waals surface area contributed by atoms with Gasteiger partial charge in [-0.25, -0.2) is 9.59 Å². The van der Waals surface area contributed by atoms with Crippen LogP contribution in [0.25, 0.3) is 0 Å². The molecule has 0 saturated carbocycles. The Balaban J connectivity index is 2.06. The first-order valence-corrected chi connectivity index (χ1v) is 10.6. The van der Waals surface area contributed by atoms with Crippen molar-refractivity contribution in [3.8, 4) is 0 Å². The van der Waals surface area contributed by atoms with Gasteiger partial charge in [0.05, 0.1) is 5.56 Å². The molecule has 0 bridgehead atoms. The van der Waals surface area contributed by atoms with Gasteiger partial charge in [-0.05, 0) is 29.5 Å². The van der Waals surface area contributed by atoms with E-state index in [-0.39, 0.29) is 30.9 Å². The van der Waals surface area contributed by atoms with E-state index in [4.69, 9.17) is 4.74 Å². The highest BCUT2D eigenvalue weighted by molar-refractivity contribution is 5.89. The highest BCUT2D eigenvalue weighted by atomic mass is 19.4. The number of carboxylic acid groups (broad SMARTS) is 1. The summed E-state index contributed by atoms with van der Waals surface area (Å²) in [6.07, 6.45) is -5.60. The molecule has 0 aromatic heterocycles. The van der Waals surface area contributed by atoms with Crippen LogP contribution in [-0.2, 0) is 33.5 Å². The molecule has 0 aliphatic heterocycles. The molecule has 2 aromatic carbocycles. The summed E-state index contributed by atoms with van der Waals surface area (Å²) in [6, 6.07) is 10.5. The number of halogens is 3. The minimum Gasteiger partial charge on any atom is -0.480 e. The molecule has 0 fully saturated rings. The lowest BCUT2D eigenvalue weighted by atomic mass is 10.0. The van der Waals surface area contributed by atoms with Crippen LogP contribution in [0.3, 0.4) is 0 Å². The molecule has 10 heteroatoms. The van der Waals surface area contributed by atoms with E-state index in [1.165, 1.54) is 12.1 Å². The molecule has 0 saturated heterocycles. The van der Waals surface area contributed by atoms with Crippen molar-refractivity contribution in [3.05, 3.63) is 71.3 Å². The Labute approximate surface area is 195 Å². The van der Waals surface area contributed by atoms with E-state index >= 15 is 0 Å². The van der Waals surface area contributed by atoms with Crippen molar-refractivity contribution in [3.63, 3.8) is 0 Å². The lowest BCUT2D eigenvalue weighted by Gasteiger charge is -2.23. The lowest BCUT2D eigenvalue weighted by Crippen LogP contribution is -2.52. The van der Waals surface area contributed by atoms with Gasteiger partial charge >= 0.3 is 18.2 Å². The summed E-state index contributed by atoms with van der Waals surface area (Å²) in [5.74, 6) is -2.22. The number of benzene rings is 2. The molecule has 0 heterocycles. The Kier molecular flexibility index (Phi) is 9.47. The van der Waals surface area contributed by atoms with Crippen LogP contribution < -0.4 is 10.6 Å². The molecule has 34 heavy (non-hydrogen) atoms. The topological polar surface area (TPSA) is 105 Å². The highest BCUT2D eigenvalue weighted by Gasteiger charge is 2.31. The van der Waals surface area contributed by atoms with Gasteiger partial charge in [0.25, 0.3) is 0 Å². The van der Waals surface area contributed by atoms with Crippen molar-refractivity contribution in [1.29, 1.82) is 0 Å². The summed E-state index contributed by atoms with van der Waals surface area (Å²) in [6.45, 7) is 3.61. The van der Waals surface area contributed by atoms with Crippen molar-refractivity contribution < 1.29 is 37.4 Å². The van der Waals surface area contributed by atoms with Crippen molar-refractivity contribution in [2.75, 3.05) is 0 Å². The second-order valence-electron chi connectivity index (χ2n) is 8.19. The normalized spacial score (nSPS) is 13.1. The van der Waals surface area contributed by atoms with Gasteiger partial charge in [0.1, 0.15) is 18.7 Å². The fourth-order valence-corrected chi connectivity index (χ4v) is 3.19. The Bertz CT molecular complexity index is 980. The van der Waals surface area contributed by atoms with Crippen LogP contribution in [0.1, 0.15) is 37.0 Å². The Morgan fingerprint density at radius 1 is 0.941 bits per heavy atom. The zero-order valence-electron chi connectivity index (χ0n) is 18.8. The van der Waals surface area contributed by atoms with Crippen LogP contribution in [0.2, 0.25) is 0 Å². The zero-order chi connectivity index (χ0) is 25.3. The van der Waals surface area contributed by atoms with Crippen LogP contribution in [0.15, 0.2) is 54.6 Å². The van der Waals surface area contributed by atoms with Gasteiger partial charge in [-0.1, -0.05) is 62.4 Å². The third-order valence-electron chi connectivity index (χ3n) is 4.84. The second-order valence-corrected chi connectivity index (χ2v) is 8.19. The van der Waals surface area contributed by atoms with Gasteiger partial charge in [-0.2, -0.15) is 13.2 Å². The van der Waals surface area contributed by atoms with Crippen molar-refractivity contribution in [2.45, 2.75) is 51.6 Å². The van der Waals surface area contributed by atoms with E-state index in [1.54, 1.807) is 24.3 Å². The third kappa shape index (κ3) is 8.76. The summed E-state index contributed by atoms with van der Waals surface area (Å²) in [5, 5.41) is 14.3. The van der Waals surface area contributed by atoms with E-state index in [0.717, 1.165) is 17.7 Å². The molecule has 184 valence electrons. The molecule has 2 rings (SSSR count). The fourth-order valence-electron chi connectivity index (χ4n) is 3.19. The number of alkyl carbamates (subject to hydrolysis) is 1. The van der Waals surface area contributed by atoms with Crippen LogP contribution in [-0.4, -0.2) is 35.2 Å². The van der Waals surface area contributed by atoms with E-state index < -0.39 is 41.8 Å². The molecule has 0 radical (unpaired) electrons. The van der Waals surface area contributed by atoms with Gasteiger partial charge < -0.3 is 20.5 Å². The van der Waals surface area contributed by atoms with Gasteiger partial charge in [-0.15, -0.1) is 0 Å². The van der Waals surface area contributed by atoms with E-state index in [9.17, 15) is 32.7 Å². The monoisotopic (exact) mass is 480 g/mol. The van der Waals surface area contributed by atoms with Crippen molar-refractivity contribution >= 4 is 18.0 Å². The fraction of sp³-hybridized carbons (Fsp3) is 0.375. The Morgan fingerprint density at radius 2 is 1.59 bits per heavy atom. The number of ether oxygens (including phenoxy) is 1. The summed E-state index contributed by atoms with van der Waals surface area (Å²) in [4.78, 5) is 36.7. The average Bonchev–Trinajstić information content (AvgIpc) is 2.76. The van der Waals surface area contributed by atoms with Gasteiger partial charge in [0, 0.05) is 6.42 Å². The Morgan fingerprint density at radius 3 is 2.18 bits per heavy atom. The summed E-state index contributed by atoms with van der Waals surface area (Å²) >= 11 is 0. The van der Waals surface area contributed by atoms with Crippen LogP contribution >= 0.6 is 0 Å². The summed E-state index contributed by atoms with van der Waals surface area (Å²) in [7, 11) is 0. The highest BCUT2D eigenvalue weighted by Crippen LogP contribution is 2.29. The molecular weight excluding hydrogens is 453 g/mol. The minimum atomic E-state index is -4.58. The van der Waals surface area contributed by atoms with Crippen LogP contribution in [0, 0.1) is 5.92 Å². The molecule has 0 spiro atoms. The standard InChI is InChI=1S/C24H27F3N2O5/c1-15(2)11-19(29-23(33)34-14-16-7-4-3-5-8-16)21(30)28-20(22(31)32)13-17-9-6-10-18(12-17)24(25,26)27/h3-10,12,15,19-20H,11,13-14H2,1-2H3,(H,28,30)(H,29,33)(H,31,32)/t19-,20+/m0/s1. The third-order valence-corrected chi connectivity index (χ3v) is 4.84. The van der Waals surface area contributed by atoms with E-state index in [2.05, 4.69) is 10.6 Å². The molecule has 3 N–H and O–H groups in total. The van der Waals surface area contributed by atoms with Gasteiger partial charge in [0.2, 0.25) is 5.91 Å². The summed E-state index contributed by atoms with van der Waals surface area (Å²) in [5.41, 5.74) is -0.0753. The molecule has 0 aliphatic carbocycles. The maximum absolute atomic E-state index is 13.0. The van der Waals surface area contributed by atoms with Gasteiger partial charge in [-0.3, -0.25) is 4.79 Å². The number of carboxylic acids is 1. The van der Waals surface area contributed by atoms with E-state index in [0.29, 0.717) is 0 Å². The molecular formula is C24H27F3N2O5. The molecule has 2 atom stereocenters. The smallest absolute Gasteiger partial charge is 0.416 e. The molecule has 7 nitrogen and oxygen atoms in total. The average molecular weight is 480 g/mol. The number of nitrogens with one attached hydrogen (secondary N) is 2. The number of rotatable bonds is 10. The number of hydrogen-bond acceptors (Lipinski definition) is 4. The first-order chi connectivity index (χ1) is 16.0. The summed E-state index contributed by atoms with van der Waals surface area (Å²) < 4.78 is 44.0. The predicted molar refractivity (Wildman–Crippen MR) is 118 cm³/mol. The van der Waals surface area contributed by atoms with Crippen molar-refractivity contribution in [2.24, 2.45) is 5.92 Å². The number of carbonyl (C=O) groups excluding carboxylic acids is 2. The zero-order valence-corrected chi connectivity index (χ0v) is 18.8. The maximum Gasteiger partial charge on any atom is 0.416 e. The number of alkyl halides is 3. The number of carbonyl (C=O) groups is 3. The number of amides is 2.